The average molecular weight is 407 g/mol. The van der Waals surface area contributed by atoms with Crippen LogP contribution in [0.25, 0.3) is 0 Å². The first-order chi connectivity index (χ1) is 9.63. The highest BCUT2D eigenvalue weighted by Gasteiger charge is 2.07. The van der Waals surface area contributed by atoms with Crippen molar-refractivity contribution in [3.63, 3.8) is 0 Å². The van der Waals surface area contributed by atoms with Gasteiger partial charge >= 0.3 is 0 Å². The molecule has 0 fully saturated rings. The zero-order valence-corrected chi connectivity index (χ0v) is 13.6. The molecule has 5 nitrogen and oxygen atoms in total. The standard InChI is InChI=1S/C13H12ClIN2O3/c1-19-9-4-2-3-5-10(9)20-7-6-17-8-16-12(14)11(15)13(17)18/h2-5,8H,6-7H2,1H3. The number of hydrogen-bond acceptors (Lipinski definition) is 4. The number of nitrogens with zero attached hydrogens (tertiary/aromatic N) is 2. The Balaban J connectivity index is 2.03. The Morgan fingerprint density at radius 1 is 1.35 bits per heavy atom. The molecule has 0 radical (unpaired) electrons. The van der Waals surface area contributed by atoms with E-state index in [-0.39, 0.29) is 10.7 Å². The minimum atomic E-state index is -0.172. The summed E-state index contributed by atoms with van der Waals surface area (Å²) in [5.74, 6) is 1.29. The quantitative estimate of drug-likeness (QED) is 0.566. The summed E-state index contributed by atoms with van der Waals surface area (Å²) in [4.78, 5) is 15.8. The van der Waals surface area contributed by atoms with Crippen LogP contribution in [0.3, 0.4) is 0 Å². The fourth-order valence-electron chi connectivity index (χ4n) is 1.60. The Hall–Kier alpha value is -1.28. The summed E-state index contributed by atoms with van der Waals surface area (Å²) in [5, 5.41) is 0.220. The molecule has 0 N–H and O–H groups in total. The lowest BCUT2D eigenvalue weighted by molar-refractivity contribution is 0.277. The van der Waals surface area contributed by atoms with Gasteiger partial charge in [0, 0.05) is 0 Å². The van der Waals surface area contributed by atoms with E-state index in [2.05, 4.69) is 4.98 Å². The second kappa shape index (κ2) is 6.94. The van der Waals surface area contributed by atoms with Gasteiger partial charge in [-0.05, 0) is 34.7 Å². The molecule has 0 aliphatic rings. The van der Waals surface area contributed by atoms with Crippen molar-refractivity contribution >= 4 is 34.2 Å². The average Bonchev–Trinajstić information content (AvgIpc) is 2.47. The highest BCUT2D eigenvalue weighted by molar-refractivity contribution is 14.1. The van der Waals surface area contributed by atoms with Crippen molar-refractivity contribution in [2.75, 3.05) is 13.7 Å². The molecule has 0 saturated heterocycles. The number of aromatic nitrogens is 2. The van der Waals surface area contributed by atoms with Gasteiger partial charge in [0.1, 0.15) is 15.3 Å². The van der Waals surface area contributed by atoms with E-state index < -0.39 is 0 Å². The fraction of sp³-hybridized carbons (Fsp3) is 0.231. The lowest BCUT2D eigenvalue weighted by Gasteiger charge is -2.11. The van der Waals surface area contributed by atoms with E-state index in [9.17, 15) is 4.79 Å². The normalized spacial score (nSPS) is 10.3. The van der Waals surface area contributed by atoms with Crippen LogP contribution in [0.4, 0.5) is 0 Å². The van der Waals surface area contributed by atoms with Gasteiger partial charge in [0.2, 0.25) is 0 Å². The Bertz CT molecular complexity index is 660. The third kappa shape index (κ3) is 3.43. The number of rotatable bonds is 5. The van der Waals surface area contributed by atoms with E-state index >= 15 is 0 Å². The number of para-hydroxylation sites is 2. The molecule has 0 aliphatic carbocycles. The molecule has 0 unspecified atom stereocenters. The van der Waals surface area contributed by atoms with E-state index in [0.717, 1.165) is 0 Å². The maximum absolute atomic E-state index is 11.9. The maximum atomic E-state index is 11.9. The summed E-state index contributed by atoms with van der Waals surface area (Å²) in [7, 11) is 1.58. The van der Waals surface area contributed by atoms with Gasteiger partial charge in [-0.2, -0.15) is 0 Å². The van der Waals surface area contributed by atoms with Crippen molar-refractivity contribution in [3.05, 3.63) is 49.7 Å². The van der Waals surface area contributed by atoms with Gasteiger partial charge in [0.25, 0.3) is 5.56 Å². The number of halogens is 2. The predicted octanol–water partition coefficient (Wildman–Crippen LogP) is 2.59. The summed E-state index contributed by atoms with van der Waals surface area (Å²) in [6.07, 6.45) is 1.42. The van der Waals surface area contributed by atoms with E-state index in [4.69, 9.17) is 21.1 Å². The van der Waals surface area contributed by atoms with E-state index in [0.29, 0.717) is 28.2 Å². The molecule has 0 aliphatic heterocycles. The van der Waals surface area contributed by atoms with Crippen LogP contribution in [0.5, 0.6) is 11.5 Å². The summed E-state index contributed by atoms with van der Waals surface area (Å²) in [5.41, 5.74) is -0.172. The molecule has 7 heteroatoms. The first-order valence-corrected chi connectivity index (χ1v) is 7.25. The topological polar surface area (TPSA) is 53.4 Å². The zero-order valence-electron chi connectivity index (χ0n) is 10.7. The number of benzene rings is 1. The van der Waals surface area contributed by atoms with Crippen LogP contribution in [0.15, 0.2) is 35.4 Å². The summed E-state index contributed by atoms with van der Waals surface area (Å²) >= 11 is 7.66. The van der Waals surface area contributed by atoms with Gasteiger partial charge in [-0.3, -0.25) is 9.36 Å². The molecule has 1 aromatic heterocycles. The minimum Gasteiger partial charge on any atom is -0.493 e. The summed E-state index contributed by atoms with van der Waals surface area (Å²) in [6.45, 7) is 0.719. The molecule has 0 saturated carbocycles. The van der Waals surface area contributed by atoms with Crippen molar-refractivity contribution in [1.82, 2.24) is 9.55 Å². The lowest BCUT2D eigenvalue weighted by Crippen LogP contribution is -2.25. The molecular formula is C13H12ClIN2O3. The Morgan fingerprint density at radius 3 is 2.75 bits per heavy atom. The highest BCUT2D eigenvalue weighted by Crippen LogP contribution is 2.25. The SMILES string of the molecule is COc1ccccc1OCCn1cnc(Cl)c(I)c1=O. The minimum absolute atomic E-state index is 0.172. The maximum Gasteiger partial charge on any atom is 0.268 e. The van der Waals surface area contributed by atoms with Crippen LogP contribution in [0.2, 0.25) is 5.15 Å². The van der Waals surface area contributed by atoms with Gasteiger partial charge in [0.05, 0.1) is 20.0 Å². The molecule has 106 valence electrons. The molecule has 2 aromatic rings. The molecule has 0 atom stereocenters. The van der Waals surface area contributed by atoms with Crippen LogP contribution in [-0.2, 0) is 6.54 Å². The molecule has 0 spiro atoms. The van der Waals surface area contributed by atoms with Crippen molar-refractivity contribution in [3.8, 4) is 11.5 Å². The van der Waals surface area contributed by atoms with Gasteiger partial charge in [-0.25, -0.2) is 4.98 Å². The van der Waals surface area contributed by atoms with Crippen LogP contribution < -0.4 is 15.0 Å². The fourth-order valence-corrected chi connectivity index (χ4v) is 2.17. The number of hydrogen-bond donors (Lipinski definition) is 0. The Labute approximate surface area is 134 Å². The lowest BCUT2D eigenvalue weighted by atomic mass is 10.3. The second-order valence-corrected chi connectivity index (χ2v) is 5.28. The van der Waals surface area contributed by atoms with E-state index in [1.165, 1.54) is 10.9 Å². The van der Waals surface area contributed by atoms with Crippen molar-refractivity contribution in [1.29, 1.82) is 0 Å². The molecule has 20 heavy (non-hydrogen) atoms. The molecule has 2 rings (SSSR count). The van der Waals surface area contributed by atoms with Gasteiger partial charge < -0.3 is 9.47 Å². The smallest absolute Gasteiger partial charge is 0.268 e. The molecule has 0 amide bonds. The van der Waals surface area contributed by atoms with Crippen LogP contribution in [-0.4, -0.2) is 23.3 Å². The third-order valence-electron chi connectivity index (χ3n) is 2.60. The molecule has 0 bridgehead atoms. The predicted molar refractivity (Wildman–Crippen MR) is 84.7 cm³/mol. The van der Waals surface area contributed by atoms with Crippen LogP contribution in [0.1, 0.15) is 0 Å². The molecular weight excluding hydrogens is 395 g/mol. The van der Waals surface area contributed by atoms with Crippen molar-refractivity contribution in [2.24, 2.45) is 0 Å². The monoisotopic (exact) mass is 406 g/mol. The first kappa shape index (κ1) is 15.1. The van der Waals surface area contributed by atoms with Crippen LogP contribution >= 0.6 is 34.2 Å². The largest absolute Gasteiger partial charge is 0.493 e. The summed E-state index contributed by atoms with van der Waals surface area (Å²) in [6, 6.07) is 7.35. The number of ether oxygens (including phenoxy) is 2. The summed E-state index contributed by atoms with van der Waals surface area (Å²) < 4.78 is 12.7. The third-order valence-corrected chi connectivity index (χ3v) is 4.18. The van der Waals surface area contributed by atoms with Gasteiger partial charge in [-0.15, -0.1) is 0 Å². The molecule has 1 aromatic carbocycles. The second-order valence-electron chi connectivity index (χ2n) is 3.85. The highest BCUT2D eigenvalue weighted by atomic mass is 127. The Kier molecular flexibility index (Phi) is 5.24. The van der Waals surface area contributed by atoms with Crippen LogP contribution in [0, 0.1) is 3.57 Å². The zero-order chi connectivity index (χ0) is 14.5. The van der Waals surface area contributed by atoms with Gasteiger partial charge in [-0.1, -0.05) is 23.7 Å². The van der Waals surface area contributed by atoms with E-state index in [1.54, 1.807) is 7.11 Å². The van der Waals surface area contributed by atoms with Crippen molar-refractivity contribution < 1.29 is 9.47 Å². The van der Waals surface area contributed by atoms with Crippen molar-refractivity contribution in [2.45, 2.75) is 6.54 Å². The first-order valence-electron chi connectivity index (χ1n) is 5.79. The van der Waals surface area contributed by atoms with Gasteiger partial charge in [0.15, 0.2) is 11.5 Å². The Morgan fingerprint density at radius 2 is 2.05 bits per heavy atom. The molecule has 1 heterocycles. The van der Waals surface area contributed by atoms with E-state index in [1.807, 2.05) is 46.9 Å². The number of methoxy groups -OCH3 is 1.